The first-order chi connectivity index (χ1) is 6.06. The molecule has 0 heterocycles. The summed E-state index contributed by atoms with van der Waals surface area (Å²) in [7, 11) is 0. The molecule has 78 valence electrons. The predicted molar refractivity (Wildman–Crippen MR) is 58.1 cm³/mol. The molecule has 0 unspecified atom stereocenters. The van der Waals surface area contributed by atoms with Crippen molar-refractivity contribution in [2.24, 2.45) is 0 Å². The van der Waals surface area contributed by atoms with Crippen LogP contribution in [0.3, 0.4) is 0 Å². The van der Waals surface area contributed by atoms with Gasteiger partial charge in [-0.2, -0.15) is 0 Å². The van der Waals surface area contributed by atoms with Crippen LogP contribution in [-0.2, 0) is 4.79 Å². The zero-order valence-electron chi connectivity index (χ0n) is 7.95. The van der Waals surface area contributed by atoms with Gasteiger partial charge in [0, 0.05) is 0 Å². The number of aliphatic hydroxyl groups is 1. The van der Waals surface area contributed by atoms with Crippen molar-refractivity contribution < 1.29 is 15.0 Å². The number of carboxylic acid groups (broad SMARTS) is 1. The van der Waals surface area contributed by atoms with Gasteiger partial charge in [-0.05, 0) is 24.3 Å². The van der Waals surface area contributed by atoms with Crippen LogP contribution >= 0.6 is 23.5 Å². The molecule has 0 aromatic carbocycles. The Morgan fingerprint density at radius 3 is 1.85 bits per heavy atom. The minimum atomic E-state index is -1.65. The van der Waals surface area contributed by atoms with Gasteiger partial charge in [0.2, 0.25) is 0 Å². The smallest absolute Gasteiger partial charge is 0.357 e. The maximum absolute atomic E-state index is 10.7. The highest BCUT2D eigenvalue weighted by atomic mass is 32.2. The van der Waals surface area contributed by atoms with E-state index in [2.05, 4.69) is 0 Å². The van der Waals surface area contributed by atoms with E-state index < -0.39 is 10.2 Å². The highest BCUT2D eigenvalue weighted by Gasteiger charge is 2.36. The molecule has 5 heteroatoms. The summed E-state index contributed by atoms with van der Waals surface area (Å²) in [5.41, 5.74) is 0. The molecular formula is C8H16O3S2. The molecule has 0 aliphatic rings. The third-order valence-electron chi connectivity index (χ3n) is 1.27. The number of hydrogen-bond donors (Lipinski definition) is 2. The second-order valence-corrected chi connectivity index (χ2v) is 5.42. The summed E-state index contributed by atoms with van der Waals surface area (Å²) in [6.45, 7) is 3.92. The van der Waals surface area contributed by atoms with Gasteiger partial charge >= 0.3 is 5.97 Å². The summed E-state index contributed by atoms with van der Waals surface area (Å²) in [6, 6.07) is 0. The van der Waals surface area contributed by atoms with Gasteiger partial charge < -0.3 is 10.2 Å². The van der Waals surface area contributed by atoms with Crippen molar-refractivity contribution in [3.8, 4) is 0 Å². The van der Waals surface area contributed by atoms with E-state index in [0.29, 0.717) is 11.5 Å². The molecular weight excluding hydrogens is 208 g/mol. The van der Waals surface area contributed by atoms with E-state index in [1.165, 1.54) is 0 Å². The largest absolute Gasteiger partial charge is 0.478 e. The Labute approximate surface area is 87.3 Å². The van der Waals surface area contributed by atoms with Gasteiger partial charge in [-0.25, -0.2) is 4.79 Å². The lowest BCUT2D eigenvalue weighted by Gasteiger charge is -2.21. The molecule has 0 radical (unpaired) electrons. The van der Waals surface area contributed by atoms with Crippen molar-refractivity contribution in [2.75, 3.05) is 11.5 Å². The number of thioether (sulfide) groups is 2. The Bertz CT molecular complexity index is 153. The molecule has 0 bridgehead atoms. The average molecular weight is 224 g/mol. The summed E-state index contributed by atoms with van der Waals surface area (Å²) in [6.07, 6.45) is 1.74. The van der Waals surface area contributed by atoms with Crippen LogP contribution in [0.4, 0.5) is 0 Å². The molecule has 0 aliphatic carbocycles. The third-order valence-corrected chi connectivity index (χ3v) is 4.34. The standard InChI is InChI=1S/C8H16O3S2/c1-3-5-12-8(11,7(9)10)13-6-4-2/h11H,3-6H2,1-2H3,(H,9,10). The van der Waals surface area contributed by atoms with Crippen molar-refractivity contribution in [1.29, 1.82) is 0 Å². The van der Waals surface area contributed by atoms with Crippen molar-refractivity contribution in [3.05, 3.63) is 0 Å². The van der Waals surface area contributed by atoms with Crippen molar-refractivity contribution >= 4 is 29.5 Å². The number of aliphatic carboxylic acids is 1. The Morgan fingerprint density at radius 1 is 1.23 bits per heavy atom. The van der Waals surface area contributed by atoms with Crippen molar-refractivity contribution in [2.45, 2.75) is 31.0 Å². The Kier molecular flexibility index (Phi) is 6.63. The van der Waals surface area contributed by atoms with Gasteiger partial charge in [0.25, 0.3) is 4.27 Å². The summed E-state index contributed by atoms with van der Waals surface area (Å²) in [5, 5.41) is 18.5. The number of carboxylic acids is 1. The summed E-state index contributed by atoms with van der Waals surface area (Å²) in [4.78, 5) is 10.7. The fraction of sp³-hybridized carbons (Fsp3) is 0.875. The molecule has 0 aromatic rings. The Hall–Kier alpha value is 0.130. The van der Waals surface area contributed by atoms with Gasteiger partial charge in [-0.3, -0.25) is 0 Å². The molecule has 0 atom stereocenters. The van der Waals surface area contributed by atoms with Gasteiger partial charge in [-0.1, -0.05) is 13.8 Å². The fourth-order valence-electron chi connectivity index (χ4n) is 0.646. The maximum Gasteiger partial charge on any atom is 0.357 e. The van der Waals surface area contributed by atoms with Crippen LogP contribution in [0, 0.1) is 0 Å². The zero-order chi connectivity index (χ0) is 10.3. The summed E-state index contributed by atoms with van der Waals surface area (Å²) < 4.78 is -1.65. The Balaban J connectivity index is 4.08. The normalized spacial score (nSPS) is 11.6. The molecule has 0 rings (SSSR count). The first-order valence-corrected chi connectivity index (χ1v) is 6.27. The SMILES string of the molecule is CCCSC(O)(SCCC)C(=O)O. The minimum absolute atomic E-state index is 0.666. The molecule has 0 aliphatic heterocycles. The van der Waals surface area contributed by atoms with E-state index in [-0.39, 0.29) is 0 Å². The summed E-state index contributed by atoms with van der Waals surface area (Å²) >= 11 is 2.18. The van der Waals surface area contributed by atoms with Gasteiger partial charge in [0.15, 0.2) is 0 Å². The van der Waals surface area contributed by atoms with Crippen molar-refractivity contribution in [3.63, 3.8) is 0 Å². The number of carbonyl (C=O) groups is 1. The fourth-order valence-corrected chi connectivity index (χ4v) is 2.69. The van der Waals surface area contributed by atoms with E-state index >= 15 is 0 Å². The van der Waals surface area contributed by atoms with E-state index in [1.54, 1.807) is 0 Å². The minimum Gasteiger partial charge on any atom is -0.478 e. The number of rotatable bonds is 7. The zero-order valence-corrected chi connectivity index (χ0v) is 9.58. The summed E-state index contributed by atoms with van der Waals surface area (Å²) in [5.74, 6) is 0.184. The highest BCUT2D eigenvalue weighted by Crippen LogP contribution is 2.35. The first-order valence-electron chi connectivity index (χ1n) is 4.30. The van der Waals surface area contributed by atoms with Crippen LogP contribution < -0.4 is 0 Å². The molecule has 13 heavy (non-hydrogen) atoms. The monoisotopic (exact) mass is 224 g/mol. The quantitative estimate of drug-likeness (QED) is 0.648. The highest BCUT2D eigenvalue weighted by molar-refractivity contribution is 8.19. The van der Waals surface area contributed by atoms with Crippen LogP contribution in [0.2, 0.25) is 0 Å². The van der Waals surface area contributed by atoms with E-state index in [9.17, 15) is 9.90 Å². The third kappa shape index (κ3) is 4.78. The van der Waals surface area contributed by atoms with Gasteiger partial charge in [0.05, 0.1) is 0 Å². The average Bonchev–Trinajstić information content (AvgIpc) is 2.11. The van der Waals surface area contributed by atoms with E-state index in [0.717, 1.165) is 36.4 Å². The maximum atomic E-state index is 10.7. The van der Waals surface area contributed by atoms with Crippen LogP contribution in [0.25, 0.3) is 0 Å². The van der Waals surface area contributed by atoms with Gasteiger partial charge in [0.1, 0.15) is 0 Å². The molecule has 0 saturated carbocycles. The van der Waals surface area contributed by atoms with Crippen LogP contribution in [0.1, 0.15) is 26.7 Å². The molecule has 0 amide bonds. The van der Waals surface area contributed by atoms with E-state index in [1.807, 2.05) is 13.8 Å². The van der Waals surface area contributed by atoms with Crippen LogP contribution in [-0.4, -0.2) is 32.0 Å². The lowest BCUT2D eigenvalue weighted by atomic mass is 10.6. The second-order valence-electron chi connectivity index (χ2n) is 2.58. The lowest BCUT2D eigenvalue weighted by molar-refractivity contribution is -0.143. The van der Waals surface area contributed by atoms with E-state index in [4.69, 9.17) is 5.11 Å². The first kappa shape index (κ1) is 13.1. The predicted octanol–water partition coefficient (Wildman–Crippen LogP) is 2.00. The topological polar surface area (TPSA) is 57.5 Å². The second kappa shape index (κ2) is 6.56. The molecule has 0 spiro atoms. The molecule has 3 nitrogen and oxygen atoms in total. The van der Waals surface area contributed by atoms with Crippen molar-refractivity contribution in [1.82, 2.24) is 0 Å². The number of hydrogen-bond acceptors (Lipinski definition) is 4. The lowest BCUT2D eigenvalue weighted by Crippen LogP contribution is -2.31. The van der Waals surface area contributed by atoms with Crippen LogP contribution in [0.15, 0.2) is 0 Å². The molecule has 0 saturated heterocycles. The molecule has 0 aromatic heterocycles. The van der Waals surface area contributed by atoms with Crippen LogP contribution in [0.5, 0.6) is 0 Å². The van der Waals surface area contributed by atoms with Gasteiger partial charge in [-0.15, -0.1) is 23.5 Å². The molecule has 2 N–H and O–H groups in total. The Morgan fingerprint density at radius 2 is 1.62 bits per heavy atom. The molecule has 0 fully saturated rings.